The van der Waals surface area contributed by atoms with Crippen LogP contribution in [0.2, 0.25) is 0 Å². The molecule has 0 fully saturated rings. The number of methoxy groups -OCH3 is 1. The van der Waals surface area contributed by atoms with Gasteiger partial charge in [-0.15, -0.1) is 11.3 Å². The van der Waals surface area contributed by atoms with E-state index in [0.717, 1.165) is 10.6 Å². The quantitative estimate of drug-likeness (QED) is 0.917. The fraction of sp³-hybridized carbons (Fsp3) is 0.375. The van der Waals surface area contributed by atoms with Gasteiger partial charge in [0.1, 0.15) is 5.75 Å². The van der Waals surface area contributed by atoms with E-state index in [1.165, 1.54) is 27.8 Å². The molecule has 0 aliphatic rings. The zero-order valence-electron chi connectivity index (χ0n) is 12.2. The maximum atomic E-state index is 6.48. The molecule has 2 aromatic rings. The monoisotopic (exact) mass is 275 g/mol. The predicted octanol–water partition coefficient (Wildman–Crippen LogP) is 4.04. The van der Waals surface area contributed by atoms with E-state index in [0.29, 0.717) is 0 Å². The highest BCUT2D eigenvalue weighted by Crippen LogP contribution is 2.34. The third-order valence-corrected chi connectivity index (χ3v) is 4.87. The Morgan fingerprint density at radius 3 is 2.11 bits per heavy atom. The summed E-state index contributed by atoms with van der Waals surface area (Å²) in [6, 6.07) is 4.19. The number of benzene rings is 1. The zero-order valence-corrected chi connectivity index (χ0v) is 13.0. The van der Waals surface area contributed by atoms with Gasteiger partial charge in [0.05, 0.1) is 13.2 Å². The Hall–Kier alpha value is -1.32. The molecule has 1 heterocycles. The minimum Gasteiger partial charge on any atom is -0.496 e. The van der Waals surface area contributed by atoms with Crippen molar-refractivity contribution in [3.05, 3.63) is 50.2 Å². The van der Waals surface area contributed by atoms with Gasteiger partial charge in [0, 0.05) is 10.3 Å². The first kappa shape index (κ1) is 14.1. The van der Waals surface area contributed by atoms with Crippen molar-refractivity contribution in [1.29, 1.82) is 0 Å². The lowest BCUT2D eigenvalue weighted by molar-refractivity contribution is 0.416. The molecule has 2 nitrogen and oxygen atoms in total. The lowest BCUT2D eigenvalue weighted by Gasteiger charge is -2.20. The number of nitrogens with two attached hydrogens (primary N) is 1. The van der Waals surface area contributed by atoms with Crippen LogP contribution in [0.15, 0.2) is 17.5 Å². The molecule has 1 atom stereocenters. The number of hydrogen-bond donors (Lipinski definition) is 1. The van der Waals surface area contributed by atoms with Gasteiger partial charge in [-0.05, 0) is 61.6 Å². The third-order valence-electron chi connectivity index (χ3n) is 3.87. The number of aryl methyl sites for hydroxylation is 2. The van der Waals surface area contributed by atoms with Crippen LogP contribution >= 0.6 is 11.3 Å². The molecule has 2 N–H and O–H groups in total. The van der Waals surface area contributed by atoms with E-state index in [2.05, 4.69) is 33.8 Å². The summed E-state index contributed by atoms with van der Waals surface area (Å²) in [7, 11) is 1.69. The standard InChI is InChI=1S/C16H21NOS/c1-9-6-10(2)12(4)15(11(9)3)16(17)14-7-13(18-5)8-19-14/h6-8,16H,17H2,1-5H3. The van der Waals surface area contributed by atoms with Crippen molar-refractivity contribution in [2.24, 2.45) is 5.73 Å². The van der Waals surface area contributed by atoms with E-state index in [1.807, 2.05) is 11.4 Å². The molecule has 0 saturated heterocycles. The molecule has 1 unspecified atom stereocenters. The van der Waals surface area contributed by atoms with Crippen LogP contribution in [0.1, 0.15) is 38.7 Å². The molecule has 1 aromatic carbocycles. The second kappa shape index (κ2) is 5.35. The highest BCUT2D eigenvalue weighted by atomic mass is 32.1. The predicted molar refractivity (Wildman–Crippen MR) is 82.3 cm³/mol. The molecule has 2 rings (SSSR count). The van der Waals surface area contributed by atoms with Gasteiger partial charge in [0.15, 0.2) is 0 Å². The van der Waals surface area contributed by atoms with Crippen LogP contribution in [-0.2, 0) is 0 Å². The Bertz CT molecular complexity index is 575. The first-order chi connectivity index (χ1) is 8.95. The Balaban J connectivity index is 2.52. The minimum absolute atomic E-state index is 0.0764. The maximum Gasteiger partial charge on any atom is 0.129 e. The molecule has 0 bridgehead atoms. The molecule has 19 heavy (non-hydrogen) atoms. The Morgan fingerprint density at radius 1 is 1.05 bits per heavy atom. The van der Waals surface area contributed by atoms with Gasteiger partial charge in [-0.2, -0.15) is 0 Å². The summed E-state index contributed by atoms with van der Waals surface area (Å²) in [5, 5.41) is 2.00. The number of thiophene rings is 1. The Morgan fingerprint density at radius 2 is 1.63 bits per heavy atom. The molecular formula is C16H21NOS. The summed E-state index contributed by atoms with van der Waals surface area (Å²) in [6.45, 7) is 8.60. The van der Waals surface area contributed by atoms with Crippen molar-refractivity contribution in [2.75, 3.05) is 7.11 Å². The van der Waals surface area contributed by atoms with Crippen LogP contribution in [-0.4, -0.2) is 7.11 Å². The van der Waals surface area contributed by atoms with Crippen molar-refractivity contribution in [3.63, 3.8) is 0 Å². The summed E-state index contributed by atoms with van der Waals surface area (Å²) < 4.78 is 5.24. The van der Waals surface area contributed by atoms with Crippen LogP contribution in [0.25, 0.3) is 0 Å². The summed E-state index contributed by atoms with van der Waals surface area (Å²) in [5.41, 5.74) is 12.9. The number of hydrogen-bond acceptors (Lipinski definition) is 3. The van der Waals surface area contributed by atoms with Crippen molar-refractivity contribution < 1.29 is 4.74 Å². The topological polar surface area (TPSA) is 35.2 Å². The highest BCUT2D eigenvalue weighted by molar-refractivity contribution is 7.10. The van der Waals surface area contributed by atoms with Crippen molar-refractivity contribution in [2.45, 2.75) is 33.7 Å². The van der Waals surface area contributed by atoms with Gasteiger partial charge in [-0.3, -0.25) is 0 Å². The van der Waals surface area contributed by atoms with Crippen LogP contribution in [0.3, 0.4) is 0 Å². The van der Waals surface area contributed by atoms with E-state index in [9.17, 15) is 0 Å². The minimum atomic E-state index is -0.0764. The first-order valence-corrected chi connectivity index (χ1v) is 7.29. The fourth-order valence-electron chi connectivity index (χ4n) is 2.46. The average Bonchev–Trinajstić information content (AvgIpc) is 2.85. The summed E-state index contributed by atoms with van der Waals surface area (Å²) in [6.07, 6.45) is 0. The molecule has 1 aromatic heterocycles. The normalized spacial score (nSPS) is 12.5. The van der Waals surface area contributed by atoms with E-state index >= 15 is 0 Å². The Kier molecular flexibility index (Phi) is 3.97. The van der Waals surface area contributed by atoms with E-state index in [-0.39, 0.29) is 6.04 Å². The van der Waals surface area contributed by atoms with Crippen molar-refractivity contribution >= 4 is 11.3 Å². The largest absolute Gasteiger partial charge is 0.496 e. The lowest BCUT2D eigenvalue weighted by atomic mass is 9.89. The Labute approximate surface area is 119 Å². The smallest absolute Gasteiger partial charge is 0.129 e. The number of ether oxygens (including phenoxy) is 1. The summed E-state index contributed by atoms with van der Waals surface area (Å²) >= 11 is 1.66. The van der Waals surface area contributed by atoms with Gasteiger partial charge in [0.25, 0.3) is 0 Å². The highest BCUT2D eigenvalue weighted by Gasteiger charge is 2.18. The van der Waals surface area contributed by atoms with Gasteiger partial charge in [-0.25, -0.2) is 0 Å². The third kappa shape index (κ3) is 2.53. The SMILES string of the molecule is COc1csc(C(N)c2c(C)c(C)cc(C)c2C)c1. The number of rotatable bonds is 3. The van der Waals surface area contributed by atoms with Crippen LogP contribution in [0, 0.1) is 27.7 Å². The molecule has 0 amide bonds. The van der Waals surface area contributed by atoms with E-state index in [1.54, 1.807) is 18.4 Å². The van der Waals surface area contributed by atoms with Gasteiger partial charge < -0.3 is 10.5 Å². The van der Waals surface area contributed by atoms with Gasteiger partial charge in [0.2, 0.25) is 0 Å². The zero-order chi connectivity index (χ0) is 14.2. The maximum absolute atomic E-state index is 6.48. The second-order valence-electron chi connectivity index (χ2n) is 5.04. The van der Waals surface area contributed by atoms with Crippen LogP contribution in [0.4, 0.5) is 0 Å². The molecule has 0 aliphatic heterocycles. The molecule has 0 spiro atoms. The van der Waals surface area contributed by atoms with Gasteiger partial charge >= 0.3 is 0 Å². The van der Waals surface area contributed by atoms with E-state index in [4.69, 9.17) is 10.5 Å². The fourth-order valence-corrected chi connectivity index (χ4v) is 3.33. The average molecular weight is 275 g/mol. The molecule has 102 valence electrons. The molecule has 0 saturated carbocycles. The van der Waals surface area contributed by atoms with E-state index < -0.39 is 0 Å². The first-order valence-electron chi connectivity index (χ1n) is 6.41. The lowest BCUT2D eigenvalue weighted by Crippen LogP contribution is -2.15. The van der Waals surface area contributed by atoms with Crippen molar-refractivity contribution in [3.8, 4) is 5.75 Å². The van der Waals surface area contributed by atoms with Gasteiger partial charge in [-0.1, -0.05) is 6.07 Å². The van der Waals surface area contributed by atoms with Crippen LogP contribution in [0.5, 0.6) is 5.75 Å². The van der Waals surface area contributed by atoms with Crippen LogP contribution < -0.4 is 10.5 Å². The summed E-state index contributed by atoms with van der Waals surface area (Å²) in [4.78, 5) is 1.15. The molecular weight excluding hydrogens is 254 g/mol. The van der Waals surface area contributed by atoms with Crippen molar-refractivity contribution in [1.82, 2.24) is 0 Å². The second-order valence-corrected chi connectivity index (χ2v) is 5.98. The summed E-state index contributed by atoms with van der Waals surface area (Å²) in [5.74, 6) is 0.884. The molecule has 0 aliphatic carbocycles. The molecule has 0 radical (unpaired) electrons. The molecule has 3 heteroatoms.